The highest BCUT2D eigenvalue weighted by Gasteiger charge is 2.39. The second-order valence-electron chi connectivity index (χ2n) is 7.73. The maximum Gasteiger partial charge on any atom is 0.240 e. The number of rotatable bonds is 1. The Morgan fingerprint density at radius 3 is 2.00 bits per heavy atom. The van der Waals surface area contributed by atoms with E-state index in [4.69, 9.17) is 5.73 Å². The first-order chi connectivity index (χ1) is 8.84. The van der Waals surface area contributed by atoms with Crippen molar-refractivity contribution in [2.45, 2.75) is 71.8 Å². The number of nitrogens with two attached hydrogens (primary N) is 1. The minimum Gasteiger partial charge on any atom is -0.341 e. The topological polar surface area (TPSA) is 46.3 Å². The normalized spacial score (nSPS) is 24.1. The van der Waals surface area contributed by atoms with Gasteiger partial charge in [-0.2, -0.15) is 0 Å². The van der Waals surface area contributed by atoms with Crippen LogP contribution in [0.4, 0.5) is 0 Å². The lowest BCUT2D eigenvalue weighted by Gasteiger charge is -2.45. The summed E-state index contributed by atoms with van der Waals surface area (Å²) in [5.74, 6) is 0.151. The fourth-order valence-corrected chi connectivity index (χ4v) is 3.57. The van der Waals surface area contributed by atoms with Gasteiger partial charge in [0.15, 0.2) is 0 Å². The zero-order valence-corrected chi connectivity index (χ0v) is 14.1. The van der Waals surface area contributed by atoms with Crippen molar-refractivity contribution in [3.63, 3.8) is 0 Å². The van der Waals surface area contributed by atoms with Crippen molar-refractivity contribution >= 4 is 18.3 Å². The van der Waals surface area contributed by atoms with Gasteiger partial charge < -0.3 is 10.6 Å². The van der Waals surface area contributed by atoms with E-state index >= 15 is 0 Å². The van der Waals surface area contributed by atoms with Crippen molar-refractivity contribution in [1.29, 1.82) is 0 Å². The number of hydrogen-bond acceptors (Lipinski definition) is 2. The molecule has 2 N–H and O–H groups in total. The Morgan fingerprint density at radius 2 is 1.55 bits per heavy atom. The van der Waals surface area contributed by atoms with Crippen LogP contribution in [0.2, 0.25) is 0 Å². The van der Waals surface area contributed by atoms with Gasteiger partial charge in [0.05, 0.1) is 6.04 Å². The molecule has 2 rings (SSSR count). The Labute approximate surface area is 130 Å². The van der Waals surface area contributed by atoms with Gasteiger partial charge in [-0.3, -0.25) is 4.79 Å². The number of halogens is 1. The van der Waals surface area contributed by atoms with Crippen LogP contribution in [0.25, 0.3) is 0 Å². The summed E-state index contributed by atoms with van der Waals surface area (Å²) in [5.41, 5.74) is 6.52. The molecule has 3 nitrogen and oxygen atoms in total. The first kappa shape index (κ1) is 17.8. The van der Waals surface area contributed by atoms with Crippen LogP contribution < -0.4 is 5.73 Å². The maximum absolute atomic E-state index is 12.4. The third-order valence-corrected chi connectivity index (χ3v) is 5.25. The molecule has 118 valence electrons. The second kappa shape index (κ2) is 6.65. The molecule has 0 aromatic heterocycles. The minimum atomic E-state index is -0.368. The Balaban J connectivity index is 0.00000200. The van der Waals surface area contributed by atoms with E-state index < -0.39 is 0 Å². The van der Waals surface area contributed by atoms with E-state index in [1.54, 1.807) is 0 Å². The van der Waals surface area contributed by atoms with Crippen molar-refractivity contribution in [1.82, 2.24) is 4.90 Å². The van der Waals surface area contributed by atoms with Crippen LogP contribution in [0, 0.1) is 10.8 Å². The Morgan fingerprint density at radius 1 is 1.05 bits per heavy atom. The molecule has 1 spiro atoms. The van der Waals surface area contributed by atoms with Crippen molar-refractivity contribution in [2.75, 3.05) is 13.1 Å². The number of carbonyl (C=O) groups is 1. The maximum atomic E-state index is 12.4. The van der Waals surface area contributed by atoms with Gasteiger partial charge in [-0.05, 0) is 36.5 Å². The summed E-state index contributed by atoms with van der Waals surface area (Å²) >= 11 is 0. The molecule has 0 bridgehead atoms. The van der Waals surface area contributed by atoms with E-state index in [0.717, 1.165) is 13.1 Å². The summed E-state index contributed by atoms with van der Waals surface area (Å²) in [6.07, 6.45) is 9.30. The number of carbonyl (C=O) groups excluding carboxylic acids is 1. The van der Waals surface area contributed by atoms with Crippen molar-refractivity contribution in [3.8, 4) is 0 Å². The predicted molar refractivity (Wildman–Crippen MR) is 86.0 cm³/mol. The molecule has 20 heavy (non-hydrogen) atoms. The monoisotopic (exact) mass is 302 g/mol. The van der Waals surface area contributed by atoms with Crippen LogP contribution >= 0.6 is 12.4 Å². The highest BCUT2D eigenvalue weighted by molar-refractivity contribution is 5.85. The molecule has 0 radical (unpaired) electrons. The molecule has 0 aromatic carbocycles. The van der Waals surface area contributed by atoms with Gasteiger partial charge in [0, 0.05) is 13.1 Å². The molecule has 2 fully saturated rings. The second-order valence-corrected chi connectivity index (χ2v) is 7.73. The third kappa shape index (κ3) is 3.88. The van der Waals surface area contributed by atoms with Crippen LogP contribution in [0.1, 0.15) is 65.7 Å². The molecule has 1 heterocycles. The predicted octanol–water partition coefficient (Wildman–Crippen LogP) is 3.35. The number of piperidine rings is 1. The van der Waals surface area contributed by atoms with Crippen LogP contribution in [-0.4, -0.2) is 29.9 Å². The number of likely N-dealkylation sites (tertiary alicyclic amines) is 1. The van der Waals surface area contributed by atoms with Crippen LogP contribution in [0.15, 0.2) is 0 Å². The SMILES string of the molecule is CC(C)(C)[C@H](N)C(=O)N1CCC2(CCCCC2)CC1.Cl. The fourth-order valence-electron chi connectivity index (χ4n) is 3.57. The average Bonchev–Trinajstić information content (AvgIpc) is 2.38. The first-order valence-corrected chi connectivity index (χ1v) is 7.89. The lowest BCUT2D eigenvalue weighted by molar-refractivity contribution is -0.137. The number of nitrogens with zero attached hydrogens (tertiary/aromatic N) is 1. The molecule has 1 aliphatic carbocycles. The van der Waals surface area contributed by atoms with E-state index in [-0.39, 0.29) is 29.8 Å². The summed E-state index contributed by atoms with van der Waals surface area (Å²) in [6, 6.07) is -0.368. The molecular formula is C16H31ClN2O. The van der Waals surface area contributed by atoms with Gasteiger partial charge in [0.2, 0.25) is 5.91 Å². The van der Waals surface area contributed by atoms with Gasteiger partial charge in [0.25, 0.3) is 0 Å². The molecule has 0 aromatic rings. The minimum absolute atomic E-state index is 0. The Kier molecular flexibility index (Phi) is 5.91. The fraction of sp³-hybridized carbons (Fsp3) is 0.938. The Bertz CT molecular complexity index is 322. The standard InChI is InChI=1S/C16H30N2O.ClH/c1-15(2,3)13(17)14(19)18-11-9-16(10-12-18)7-5-4-6-8-16;/h13H,4-12,17H2,1-3H3;1H/t13-;/m1./s1. The molecule has 1 saturated heterocycles. The quantitative estimate of drug-likeness (QED) is 0.807. The van der Waals surface area contributed by atoms with Gasteiger partial charge in [-0.25, -0.2) is 0 Å². The van der Waals surface area contributed by atoms with E-state index in [9.17, 15) is 4.79 Å². The molecule has 4 heteroatoms. The highest BCUT2D eigenvalue weighted by Crippen LogP contribution is 2.44. The molecule has 1 amide bonds. The molecule has 1 atom stereocenters. The van der Waals surface area contributed by atoms with Crippen molar-refractivity contribution < 1.29 is 4.79 Å². The summed E-state index contributed by atoms with van der Waals surface area (Å²) in [7, 11) is 0. The van der Waals surface area contributed by atoms with E-state index in [1.165, 1.54) is 44.9 Å². The van der Waals surface area contributed by atoms with Gasteiger partial charge in [-0.1, -0.05) is 40.0 Å². The third-order valence-electron chi connectivity index (χ3n) is 5.25. The summed E-state index contributed by atoms with van der Waals surface area (Å²) in [4.78, 5) is 14.4. The largest absolute Gasteiger partial charge is 0.341 e. The van der Waals surface area contributed by atoms with E-state index in [0.29, 0.717) is 5.41 Å². The number of amides is 1. The molecule has 2 aliphatic rings. The van der Waals surface area contributed by atoms with Gasteiger partial charge in [-0.15, -0.1) is 12.4 Å². The lowest BCUT2D eigenvalue weighted by Crippen LogP contribution is -2.53. The summed E-state index contributed by atoms with van der Waals surface area (Å²) in [5, 5.41) is 0. The smallest absolute Gasteiger partial charge is 0.240 e. The zero-order chi connectivity index (χ0) is 14.1. The molecule has 1 aliphatic heterocycles. The van der Waals surface area contributed by atoms with Crippen LogP contribution in [0.5, 0.6) is 0 Å². The van der Waals surface area contributed by atoms with Crippen LogP contribution in [0.3, 0.4) is 0 Å². The highest BCUT2D eigenvalue weighted by atomic mass is 35.5. The van der Waals surface area contributed by atoms with E-state index in [1.807, 2.05) is 25.7 Å². The molecule has 1 saturated carbocycles. The average molecular weight is 303 g/mol. The summed E-state index contributed by atoms with van der Waals surface area (Å²) < 4.78 is 0. The lowest BCUT2D eigenvalue weighted by atomic mass is 9.68. The molecular weight excluding hydrogens is 272 g/mol. The van der Waals surface area contributed by atoms with E-state index in [2.05, 4.69) is 0 Å². The zero-order valence-electron chi connectivity index (χ0n) is 13.3. The molecule has 0 unspecified atom stereocenters. The van der Waals surface area contributed by atoms with Crippen molar-refractivity contribution in [3.05, 3.63) is 0 Å². The van der Waals surface area contributed by atoms with Crippen molar-refractivity contribution in [2.24, 2.45) is 16.6 Å². The van der Waals surface area contributed by atoms with Gasteiger partial charge in [0.1, 0.15) is 0 Å². The number of hydrogen-bond donors (Lipinski definition) is 1. The van der Waals surface area contributed by atoms with Gasteiger partial charge >= 0.3 is 0 Å². The first-order valence-electron chi connectivity index (χ1n) is 7.89. The summed E-state index contributed by atoms with van der Waals surface area (Å²) in [6.45, 7) is 7.97. The Hall–Kier alpha value is -0.280. The van der Waals surface area contributed by atoms with Crippen LogP contribution in [-0.2, 0) is 4.79 Å².